The molecule has 15 heavy (non-hydrogen) atoms. The van der Waals surface area contributed by atoms with Crippen molar-refractivity contribution in [3.63, 3.8) is 0 Å². The first-order valence-corrected chi connectivity index (χ1v) is 5.10. The highest BCUT2D eigenvalue weighted by atomic mass is 19.1. The van der Waals surface area contributed by atoms with E-state index in [1.807, 2.05) is 12.1 Å². The molecule has 0 saturated carbocycles. The molecule has 80 valence electrons. The van der Waals surface area contributed by atoms with Gasteiger partial charge >= 0.3 is 0 Å². The summed E-state index contributed by atoms with van der Waals surface area (Å²) in [6.07, 6.45) is 3.74. The summed E-state index contributed by atoms with van der Waals surface area (Å²) in [7, 11) is 0. The van der Waals surface area contributed by atoms with Gasteiger partial charge in [-0.1, -0.05) is 30.4 Å². The Morgan fingerprint density at radius 1 is 1.40 bits per heavy atom. The molecule has 0 amide bonds. The van der Waals surface area contributed by atoms with E-state index in [-0.39, 0.29) is 11.9 Å². The minimum atomic E-state index is -0.189. The standard InChI is InChI=1S/C12H14FNO/c13-12-4-2-1-3-10(12)5-6-11-9-15-8-7-14-11/h1-6,11,14H,7-9H2. The van der Waals surface area contributed by atoms with E-state index in [9.17, 15) is 4.39 Å². The molecule has 2 nitrogen and oxygen atoms in total. The monoisotopic (exact) mass is 207 g/mol. The second-order valence-electron chi connectivity index (χ2n) is 3.52. The lowest BCUT2D eigenvalue weighted by molar-refractivity contribution is 0.0903. The summed E-state index contributed by atoms with van der Waals surface area (Å²) in [5.74, 6) is -0.189. The third-order valence-electron chi connectivity index (χ3n) is 2.36. The molecule has 1 aliphatic rings. The molecular weight excluding hydrogens is 193 g/mol. The zero-order chi connectivity index (χ0) is 10.5. The average Bonchev–Trinajstić information content (AvgIpc) is 2.29. The van der Waals surface area contributed by atoms with E-state index in [1.165, 1.54) is 6.07 Å². The molecular formula is C12H14FNO. The molecule has 1 N–H and O–H groups in total. The van der Waals surface area contributed by atoms with Crippen LogP contribution in [-0.2, 0) is 4.74 Å². The van der Waals surface area contributed by atoms with Gasteiger partial charge in [-0.3, -0.25) is 0 Å². The van der Waals surface area contributed by atoms with Gasteiger partial charge in [0.05, 0.1) is 13.2 Å². The molecule has 1 aromatic rings. The molecule has 0 aliphatic carbocycles. The van der Waals surface area contributed by atoms with Gasteiger partial charge in [0.25, 0.3) is 0 Å². The minimum absolute atomic E-state index is 0.189. The second kappa shape index (κ2) is 5.05. The van der Waals surface area contributed by atoms with E-state index in [0.717, 1.165) is 13.2 Å². The third kappa shape index (κ3) is 2.88. The number of ether oxygens (including phenoxy) is 1. The quantitative estimate of drug-likeness (QED) is 0.798. The number of rotatable bonds is 2. The van der Waals surface area contributed by atoms with Crippen LogP contribution in [0.25, 0.3) is 6.08 Å². The normalized spacial score (nSPS) is 22.1. The van der Waals surface area contributed by atoms with E-state index in [0.29, 0.717) is 12.2 Å². The van der Waals surface area contributed by atoms with Crippen LogP contribution in [0.5, 0.6) is 0 Å². The fourth-order valence-electron chi connectivity index (χ4n) is 1.54. The van der Waals surface area contributed by atoms with Crippen LogP contribution in [0.2, 0.25) is 0 Å². The lowest BCUT2D eigenvalue weighted by Gasteiger charge is -2.20. The van der Waals surface area contributed by atoms with Crippen LogP contribution >= 0.6 is 0 Å². The molecule has 0 spiro atoms. The Labute approximate surface area is 88.8 Å². The highest BCUT2D eigenvalue weighted by Crippen LogP contribution is 2.09. The summed E-state index contributed by atoms with van der Waals surface area (Å²) in [4.78, 5) is 0. The van der Waals surface area contributed by atoms with Crippen molar-refractivity contribution < 1.29 is 9.13 Å². The summed E-state index contributed by atoms with van der Waals surface area (Å²) < 4.78 is 18.5. The topological polar surface area (TPSA) is 21.3 Å². The van der Waals surface area contributed by atoms with Crippen molar-refractivity contribution in [3.05, 3.63) is 41.7 Å². The van der Waals surface area contributed by atoms with Crippen LogP contribution in [-0.4, -0.2) is 25.8 Å². The van der Waals surface area contributed by atoms with Crippen LogP contribution in [0.1, 0.15) is 5.56 Å². The number of hydrogen-bond acceptors (Lipinski definition) is 2. The Kier molecular flexibility index (Phi) is 3.48. The lowest BCUT2D eigenvalue weighted by Crippen LogP contribution is -2.39. The van der Waals surface area contributed by atoms with E-state index in [1.54, 1.807) is 18.2 Å². The van der Waals surface area contributed by atoms with E-state index < -0.39 is 0 Å². The van der Waals surface area contributed by atoms with Crippen molar-refractivity contribution >= 4 is 6.08 Å². The maximum absolute atomic E-state index is 13.2. The van der Waals surface area contributed by atoms with Gasteiger partial charge in [0, 0.05) is 18.2 Å². The van der Waals surface area contributed by atoms with Crippen LogP contribution in [0, 0.1) is 5.82 Å². The van der Waals surface area contributed by atoms with Crippen molar-refractivity contribution in [3.8, 4) is 0 Å². The van der Waals surface area contributed by atoms with Gasteiger partial charge in [-0.05, 0) is 6.07 Å². The summed E-state index contributed by atoms with van der Waals surface area (Å²) in [5, 5.41) is 3.27. The van der Waals surface area contributed by atoms with Crippen LogP contribution in [0.15, 0.2) is 30.3 Å². The van der Waals surface area contributed by atoms with E-state index in [4.69, 9.17) is 4.74 Å². The van der Waals surface area contributed by atoms with Crippen LogP contribution < -0.4 is 5.32 Å². The van der Waals surface area contributed by atoms with Crippen LogP contribution in [0.3, 0.4) is 0 Å². The van der Waals surface area contributed by atoms with Crippen molar-refractivity contribution in [2.45, 2.75) is 6.04 Å². The van der Waals surface area contributed by atoms with Crippen molar-refractivity contribution in [1.82, 2.24) is 5.32 Å². The molecule has 1 unspecified atom stereocenters. The van der Waals surface area contributed by atoms with Crippen molar-refractivity contribution in [2.75, 3.05) is 19.8 Å². The highest BCUT2D eigenvalue weighted by Gasteiger charge is 2.08. The van der Waals surface area contributed by atoms with Crippen molar-refractivity contribution in [2.24, 2.45) is 0 Å². The van der Waals surface area contributed by atoms with Crippen LogP contribution in [0.4, 0.5) is 4.39 Å². The molecule has 0 bridgehead atoms. The highest BCUT2D eigenvalue weighted by molar-refractivity contribution is 5.50. The zero-order valence-electron chi connectivity index (χ0n) is 8.45. The van der Waals surface area contributed by atoms with E-state index >= 15 is 0 Å². The molecule has 0 aromatic heterocycles. The van der Waals surface area contributed by atoms with Crippen molar-refractivity contribution in [1.29, 1.82) is 0 Å². The lowest BCUT2D eigenvalue weighted by atomic mass is 10.1. The second-order valence-corrected chi connectivity index (χ2v) is 3.52. The smallest absolute Gasteiger partial charge is 0.130 e. The van der Waals surface area contributed by atoms with Gasteiger partial charge in [-0.25, -0.2) is 4.39 Å². The molecule has 1 heterocycles. The molecule has 0 radical (unpaired) electrons. The largest absolute Gasteiger partial charge is 0.378 e. The zero-order valence-corrected chi connectivity index (χ0v) is 8.45. The molecule has 1 saturated heterocycles. The molecule has 2 rings (SSSR count). The SMILES string of the molecule is Fc1ccccc1C=CC1COCCN1. The Morgan fingerprint density at radius 2 is 2.27 bits per heavy atom. The Morgan fingerprint density at radius 3 is 3.00 bits per heavy atom. The molecule has 3 heteroatoms. The van der Waals surface area contributed by atoms with E-state index in [2.05, 4.69) is 5.32 Å². The fourth-order valence-corrected chi connectivity index (χ4v) is 1.54. The van der Waals surface area contributed by atoms with Gasteiger partial charge in [0.2, 0.25) is 0 Å². The summed E-state index contributed by atoms with van der Waals surface area (Å²) in [6.45, 7) is 2.27. The Bertz CT molecular complexity index is 345. The number of hydrogen-bond donors (Lipinski definition) is 1. The maximum Gasteiger partial charge on any atom is 0.130 e. The molecule has 1 atom stereocenters. The number of benzene rings is 1. The van der Waals surface area contributed by atoms with Gasteiger partial charge in [0.15, 0.2) is 0 Å². The first-order valence-electron chi connectivity index (χ1n) is 5.10. The summed E-state index contributed by atoms with van der Waals surface area (Å²) in [5.41, 5.74) is 0.616. The number of halogens is 1. The maximum atomic E-state index is 13.2. The first kappa shape index (κ1) is 10.3. The Hall–Kier alpha value is -1.19. The number of nitrogens with one attached hydrogen (secondary N) is 1. The Balaban J connectivity index is 2.01. The molecule has 1 aliphatic heterocycles. The van der Waals surface area contributed by atoms with Gasteiger partial charge in [-0.15, -0.1) is 0 Å². The molecule has 1 fully saturated rings. The minimum Gasteiger partial charge on any atom is -0.378 e. The van der Waals surface area contributed by atoms with Gasteiger partial charge in [0.1, 0.15) is 5.82 Å². The fraction of sp³-hybridized carbons (Fsp3) is 0.333. The third-order valence-corrected chi connectivity index (χ3v) is 2.36. The van der Waals surface area contributed by atoms with Gasteiger partial charge < -0.3 is 10.1 Å². The predicted octanol–water partition coefficient (Wildman–Crippen LogP) is 1.83. The predicted molar refractivity (Wildman–Crippen MR) is 58.0 cm³/mol. The summed E-state index contributed by atoms with van der Waals surface area (Å²) in [6, 6.07) is 6.93. The van der Waals surface area contributed by atoms with Gasteiger partial charge in [-0.2, -0.15) is 0 Å². The average molecular weight is 207 g/mol. The molecule has 1 aromatic carbocycles. The summed E-state index contributed by atoms with van der Waals surface area (Å²) >= 11 is 0. The number of morpholine rings is 1. The first-order chi connectivity index (χ1) is 7.36.